The number of carbonyl (C=O) groups is 1. The summed E-state index contributed by atoms with van der Waals surface area (Å²) in [7, 11) is -3.48. The normalized spacial score (nSPS) is 16.1. The summed E-state index contributed by atoms with van der Waals surface area (Å²) in [5.41, 5.74) is 0.912. The summed E-state index contributed by atoms with van der Waals surface area (Å²) in [6.07, 6.45) is 2.68. The number of aryl methyl sites for hydroxylation is 1. The molecule has 7 nitrogen and oxygen atoms in total. The maximum absolute atomic E-state index is 12.5. The Morgan fingerprint density at radius 2 is 2.04 bits per heavy atom. The van der Waals surface area contributed by atoms with Gasteiger partial charge in [-0.3, -0.25) is 0 Å². The average Bonchev–Trinajstić information content (AvgIpc) is 3.02. The molecule has 2 aromatic rings. The number of nitrogens with one attached hydrogen (secondary N) is 1. The molecule has 134 valence electrons. The molecule has 1 fully saturated rings. The Morgan fingerprint density at radius 1 is 1.32 bits per heavy atom. The minimum atomic E-state index is -3.48. The highest BCUT2D eigenvalue weighted by Crippen LogP contribution is 2.24. The van der Waals surface area contributed by atoms with Gasteiger partial charge in [-0.15, -0.1) is 11.3 Å². The van der Waals surface area contributed by atoms with Crippen molar-refractivity contribution in [2.24, 2.45) is 0 Å². The SMILES string of the molecule is Cc1ccsc1S(=O)(=O)NC1CCN(c2ccc(C(=O)O)cn2)CC1. The molecule has 0 aromatic carbocycles. The number of pyridine rings is 1. The monoisotopic (exact) mass is 381 g/mol. The minimum Gasteiger partial charge on any atom is -0.478 e. The van der Waals surface area contributed by atoms with Crippen molar-refractivity contribution in [3.63, 3.8) is 0 Å². The lowest BCUT2D eigenvalue weighted by Crippen LogP contribution is -2.44. The topological polar surface area (TPSA) is 99.6 Å². The van der Waals surface area contributed by atoms with E-state index in [4.69, 9.17) is 5.11 Å². The summed E-state index contributed by atoms with van der Waals surface area (Å²) in [5.74, 6) is -0.295. The van der Waals surface area contributed by atoms with Gasteiger partial charge >= 0.3 is 5.97 Å². The highest BCUT2D eigenvalue weighted by Gasteiger charge is 2.26. The number of sulfonamides is 1. The second kappa shape index (κ2) is 7.11. The number of carboxylic acid groups (broad SMARTS) is 1. The first-order valence-corrected chi connectivity index (χ1v) is 10.2. The Hall–Kier alpha value is -1.97. The Balaban J connectivity index is 1.60. The molecular formula is C16H19N3O4S2. The van der Waals surface area contributed by atoms with Crippen molar-refractivity contribution >= 4 is 33.1 Å². The fraction of sp³-hybridized carbons (Fsp3) is 0.375. The second-order valence-corrected chi connectivity index (χ2v) is 8.81. The summed E-state index contributed by atoms with van der Waals surface area (Å²) < 4.78 is 28.1. The number of piperidine rings is 1. The second-order valence-electron chi connectivity index (χ2n) is 5.98. The number of carboxylic acids is 1. The highest BCUT2D eigenvalue weighted by atomic mass is 32.2. The number of anilines is 1. The molecule has 2 aromatic heterocycles. The molecule has 1 saturated heterocycles. The van der Waals surface area contributed by atoms with Crippen molar-refractivity contribution in [1.29, 1.82) is 0 Å². The van der Waals surface area contributed by atoms with Crippen LogP contribution in [0.25, 0.3) is 0 Å². The Morgan fingerprint density at radius 3 is 2.56 bits per heavy atom. The molecule has 3 heterocycles. The van der Waals surface area contributed by atoms with Gasteiger partial charge in [0.15, 0.2) is 0 Å². The molecule has 0 atom stereocenters. The number of aromatic carboxylic acids is 1. The van der Waals surface area contributed by atoms with E-state index in [-0.39, 0.29) is 11.6 Å². The van der Waals surface area contributed by atoms with Crippen molar-refractivity contribution in [1.82, 2.24) is 9.71 Å². The molecule has 0 bridgehead atoms. The molecule has 25 heavy (non-hydrogen) atoms. The van der Waals surface area contributed by atoms with Crippen LogP contribution in [0.5, 0.6) is 0 Å². The molecule has 1 aliphatic rings. The summed E-state index contributed by atoms with van der Waals surface area (Å²) in [6.45, 7) is 3.12. The lowest BCUT2D eigenvalue weighted by Gasteiger charge is -2.33. The van der Waals surface area contributed by atoms with E-state index in [1.165, 1.54) is 23.6 Å². The third kappa shape index (κ3) is 4.00. The van der Waals surface area contributed by atoms with Crippen molar-refractivity contribution in [3.05, 3.63) is 40.9 Å². The van der Waals surface area contributed by atoms with Crippen molar-refractivity contribution in [2.45, 2.75) is 30.0 Å². The van der Waals surface area contributed by atoms with Crippen molar-refractivity contribution < 1.29 is 18.3 Å². The van der Waals surface area contributed by atoms with E-state index < -0.39 is 16.0 Å². The molecule has 3 rings (SSSR count). The summed E-state index contributed by atoms with van der Waals surface area (Å²) in [6, 6.07) is 4.90. The van der Waals surface area contributed by atoms with E-state index in [1.807, 2.05) is 4.90 Å². The van der Waals surface area contributed by atoms with E-state index in [1.54, 1.807) is 24.4 Å². The van der Waals surface area contributed by atoms with Gasteiger partial charge in [0.05, 0.1) is 5.56 Å². The van der Waals surface area contributed by atoms with Gasteiger partial charge in [0.25, 0.3) is 10.0 Å². The first-order chi connectivity index (χ1) is 11.9. The van der Waals surface area contributed by atoms with Gasteiger partial charge in [-0.2, -0.15) is 0 Å². The predicted molar refractivity (Wildman–Crippen MR) is 95.8 cm³/mol. The summed E-state index contributed by atoms with van der Waals surface area (Å²) in [5, 5.41) is 10.7. The maximum Gasteiger partial charge on any atom is 0.337 e. The first kappa shape index (κ1) is 17.8. The number of aromatic nitrogens is 1. The quantitative estimate of drug-likeness (QED) is 0.823. The molecule has 0 aliphatic carbocycles. The fourth-order valence-corrected chi connectivity index (χ4v) is 5.57. The van der Waals surface area contributed by atoms with Crippen LogP contribution >= 0.6 is 11.3 Å². The largest absolute Gasteiger partial charge is 0.478 e. The van der Waals surface area contributed by atoms with Gasteiger partial charge in [0, 0.05) is 25.3 Å². The van der Waals surface area contributed by atoms with Crippen LogP contribution in [0.2, 0.25) is 0 Å². The average molecular weight is 381 g/mol. The van der Waals surface area contributed by atoms with E-state index in [0.717, 1.165) is 5.56 Å². The number of hydrogen-bond donors (Lipinski definition) is 2. The van der Waals surface area contributed by atoms with E-state index in [9.17, 15) is 13.2 Å². The van der Waals surface area contributed by atoms with Crippen molar-refractivity contribution in [2.75, 3.05) is 18.0 Å². The maximum atomic E-state index is 12.5. The Labute approximate surface area is 150 Å². The third-order valence-corrected chi connectivity index (χ3v) is 7.40. The molecule has 0 radical (unpaired) electrons. The Bertz CT molecular complexity index is 854. The predicted octanol–water partition coefficient (Wildman–Crippen LogP) is 2.10. The van der Waals surface area contributed by atoms with Gasteiger partial charge in [0.1, 0.15) is 10.0 Å². The van der Waals surface area contributed by atoms with Gasteiger partial charge in [-0.1, -0.05) is 0 Å². The van der Waals surface area contributed by atoms with Crippen LogP contribution in [-0.2, 0) is 10.0 Å². The number of hydrogen-bond acceptors (Lipinski definition) is 6. The molecular weight excluding hydrogens is 362 g/mol. The van der Waals surface area contributed by atoms with E-state index in [2.05, 4.69) is 9.71 Å². The zero-order chi connectivity index (χ0) is 18.0. The van der Waals surface area contributed by atoms with Gasteiger partial charge in [0.2, 0.25) is 0 Å². The van der Waals surface area contributed by atoms with Crippen molar-refractivity contribution in [3.8, 4) is 0 Å². The highest BCUT2D eigenvalue weighted by molar-refractivity contribution is 7.91. The van der Waals surface area contributed by atoms with Crippen LogP contribution in [0.15, 0.2) is 34.0 Å². The zero-order valence-corrected chi connectivity index (χ0v) is 15.3. The molecule has 0 unspecified atom stereocenters. The first-order valence-electron chi connectivity index (χ1n) is 7.87. The van der Waals surface area contributed by atoms with Gasteiger partial charge < -0.3 is 10.0 Å². The van der Waals surface area contributed by atoms with Crippen LogP contribution in [0.1, 0.15) is 28.8 Å². The third-order valence-electron chi connectivity index (χ3n) is 4.19. The smallest absolute Gasteiger partial charge is 0.337 e. The summed E-state index contributed by atoms with van der Waals surface area (Å²) in [4.78, 5) is 17.1. The number of nitrogens with zero attached hydrogens (tertiary/aromatic N) is 2. The molecule has 0 spiro atoms. The molecule has 0 amide bonds. The van der Waals surface area contributed by atoms with Crippen LogP contribution < -0.4 is 9.62 Å². The fourth-order valence-electron chi connectivity index (χ4n) is 2.83. The molecule has 9 heteroatoms. The Kier molecular flexibility index (Phi) is 5.07. The standard InChI is InChI=1S/C16H19N3O4S2/c1-11-6-9-24-16(11)25(22,23)18-13-4-7-19(8-5-13)14-3-2-12(10-17-14)15(20)21/h2-3,6,9-10,13,18H,4-5,7-8H2,1H3,(H,20,21). The minimum absolute atomic E-state index is 0.110. The lowest BCUT2D eigenvalue weighted by atomic mass is 10.1. The summed E-state index contributed by atoms with van der Waals surface area (Å²) >= 11 is 1.23. The molecule has 2 N–H and O–H groups in total. The zero-order valence-electron chi connectivity index (χ0n) is 13.7. The van der Waals surface area contributed by atoms with E-state index in [0.29, 0.717) is 36.0 Å². The lowest BCUT2D eigenvalue weighted by molar-refractivity contribution is 0.0696. The van der Waals surface area contributed by atoms with E-state index >= 15 is 0 Å². The molecule has 1 aliphatic heterocycles. The van der Waals surface area contributed by atoms with Crippen LogP contribution in [0.4, 0.5) is 5.82 Å². The van der Waals surface area contributed by atoms with Gasteiger partial charge in [-0.05, 0) is 48.9 Å². The van der Waals surface area contributed by atoms with Crippen LogP contribution in [0, 0.1) is 6.92 Å². The number of rotatable bonds is 5. The van der Waals surface area contributed by atoms with Crippen LogP contribution in [-0.4, -0.2) is 43.6 Å². The van der Waals surface area contributed by atoms with Crippen LogP contribution in [0.3, 0.4) is 0 Å². The van der Waals surface area contributed by atoms with Gasteiger partial charge in [-0.25, -0.2) is 22.9 Å². The number of thiophene rings is 1. The molecule has 0 saturated carbocycles.